The van der Waals surface area contributed by atoms with E-state index in [2.05, 4.69) is 10.6 Å². The fourth-order valence-corrected chi connectivity index (χ4v) is 4.12. The van der Waals surface area contributed by atoms with Gasteiger partial charge < -0.3 is 15.0 Å². The number of benzene rings is 2. The van der Waals surface area contributed by atoms with Crippen molar-refractivity contribution in [3.8, 4) is 5.75 Å². The van der Waals surface area contributed by atoms with E-state index >= 15 is 0 Å². The van der Waals surface area contributed by atoms with Crippen molar-refractivity contribution < 1.29 is 14.3 Å². The summed E-state index contributed by atoms with van der Waals surface area (Å²) in [6.45, 7) is 3.85. The van der Waals surface area contributed by atoms with Crippen LogP contribution in [0.5, 0.6) is 5.75 Å². The first-order chi connectivity index (χ1) is 15.3. The van der Waals surface area contributed by atoms with Gasteiger partial charge >= 0.3 is 0 Å². The predicted molar refractivity (Wildman–Crippen MR) is 131 cm³/mol. The van der Waals surface area contributed by atoms with E-state index in [1.54, 1.807) is 36.4 Å². The van der Waals surface area contributed by atoms with Crippen LogP contribution in [-0.2, 0) is 0 Å². The van der Waals surface area contributed by atoms with Gasteiger partial charge in [-0.25, -0.2) is 0 Å². The zero-order chi connectivity index (χ0) is 23.1. The Morgan fingerprint density at radius 1 is 1.06 bits per heavy atom. The van der Waals surface area contributed by atoms with E-state index < -0.39 is 0 Å². The standard InChI is InChI=1S/C25H31N3O3S/c1-17(2)31-20-13-9-10-18(16-20)23(29)27-25(32)26-22-15-8-7-14-21(22)24(30)28(3)19-11-5-4-6-12-19/h7-10,13-17,19H,4-6,11-12H2,1-3H3,(H2,26,27,29,32). The molecule has 0 aromatic heterocycles. The van der Waals surface area contributed by atoms with Crippen molar-refractivity contribution in [2.45, 2.75) is 58.1 Å². The predicted octanol–water partition coefficient (Wildman–Crippen LogP) is 5.01. The lowest BCUT2D eigenvalue weighted by molar-refractivity contribution is 0.0697. The average molecular weight is 454 g/mol. The topological polar surface area (TPSA) is 70.7 Å². The summed E-state index contributed by atoms with van der Waals surface area (Å²) in [5, 5.41) is 5.83. The molecular weight excluding hydrogens is 422 g/mol. The van der Waals surface area contributed by atoms with Gasteiger partial charge in [0.05, 0.1) is 17.4 Å². The molecule has 0 spiro atoms. The molecule has 2 aromatic carbocycles. The lowest BCUT2D eigenvalue weighted by atomic mass is 9.94. The van der Waals surface area contributed by atoms with E-state index in [4.69, 9.17) is 17.0 Å². The zero-order valence-electron chi connectivity index (χ0n) is 18.9. The fraction of sp³-hybridized carbons (Fsp3) is 0.400. The molecule has 1 aliphatic rings. The second-order valence-corrected chi connectivity index (χ2v) is 8.76. The Hall–Kier alpha value is -2.93. The van der Waals surface area contributed by atoms with Crippen molar-refractivity contribution in [1.82, 2.24) is 10.2 Å². The molecule has 1 fully saturated rings. The lowest BCUT2D eigenvalue weighted by Crippen LogP contribution is -2.39. The van der Waals surface area contributed by atoms with E-state index in [-0.39, 0.29) is 29.1 Å². The van der Waals surface area contributed by atoms with E-state index in [9.17, 15) is 9.59 Å². The molecule has 32 heavy (non-hydrogen) atoms. The van der Waals surface area contributed by atoms with Gasteiger partial charge in [0, 0.05) is 18.7 Å². The smallest absolute Gasteiger partial charge is 0.257 e. The van der Waals surface area contributed by atoms with Crippen molar-refractivity contribution in [3.63, 3.8) is 0 Å². The minimum Gasteiger partial charge on any atom is -0.491 e. The molecule has 0 saturated heterocycles. The Labute approximate surface area is 195 Å². The summed E-state index contributed by atoms with van der Waals surface area (Å²) < 4.78 is 5.65. The molecule has 0 heterocycles. The summed E-state index contributed by atoms with van der Waals surface area (Å²) in [5.74, 6) is 0.223. The molecule has 2 aromatic rings. The fourth-order valence-electron chi connectivity index (χ4n) is 3.91. The van der Waals surface area contributed by atoms with E-state index in [0.29, 0.717) is 22.6 Å². The number of hydrogen-bond donors (Lipinski definition) is 2. The Balaban J connectivity index is 1.66. The van der Waals surface area contributed by atoms with Crippen LogP contribution in [0.1, 0.15) is 66.7 Å². The molecule has 1 aliphatic carbocycles. The van der Waals surface area contributed by atoms with Crippen LogP contribution in [-0.4, -0.2) is 41.0 Å². The number of carbonyl (C=O) groups excluding carboxylic acids is 2. The molecule has 7 heteroatoms. The normalized spacial score (nSPS) is 14.0. The molecule has 1 saturated carbocycles. The van der Waals surface area contributed by atoms with Gasteiger partial charge in [0.25, 0.3) is 11.8 Å². The number of anilines is 1. The molecule has 6 nitrogen and oxygen atoms in total. The molecule has 2 N–H and O–H groups in total. The first-order valence-electron chi connectivity index (χ1n) is 11.1. The van der Waals surface area contributed by atoms with Crippen LogP contribution < -0.4 is 15.4 Å². The molecule has 0 bridgehead atoms. The van der Waals surface area contributed by atoms with Crippen LogP contribution in [0.15, 0.2) is 48.5 Å². The van der Waals surface area contributed by atoms with Crippen LogP contribution in [0, 0.1) is 0 Å². The highest BCUT2D eigenvalue weighted by Crippen LogP contribution is 2.25. The van der Waals surface area contributed by atoms with Gasteiger partial charge in [-0.15, -0.1) is 0 Å². The van der Waals surface area contributed by atoms with Gasteiger partial charge in [0.1, 0.15) is 5.75 Å². The highest BCUT2D eigenvalue weighted by molar-refractivity contribution is 7.80. The molecule has 0 aliphatic heterocycles. The molecule has 0 radical (unpaired) electrons. The number of rotatable bonds is 6. The van der Waals surface area contributed by atoms with Gasteiger partial charge in [-0.3, -0.25) is 14.9 Å². The minimum atomic E-state index is -0.347. The number of carbonyl (C=O) groups is 2. The monoisotopic (exact) mass is 453 g/mol. The number of nitrogens with zero attached hydrogens (tertiary/aromatic N) is 1. The first-order valence-corrected chi connectivity index (χ1v) is 11.5. The quantitative estimate of drug-likeness (QED) is 0.602. The van der Waals surface area contributed by atoms with Crippen LogP contribution in [0.3, 0.4) is 0 Å². The Morgan fingerprint density at radius 2 is 1.78 bits per heavy atom. The summed E-state index contributed by atoms with van der Waals surface area (Å²) in [5.41, 5.74) is 1.54. The largest absolute Gasteiger partial charge is 0.491 e. The third kappa shape index (κ3) is 6.29. The summed E-state index contributed by atoms with van der Waals surface area (Å²) >= 11 is 5.35. The number of amides is 2. The molecule has 170 valence electrons. The lowest BCUT2D eigenvalue weighted by Gasteiger charge is -2.31. The minimum absolute atomic E-state index is 0.0110. The van der Waals surface area contributed by atoms with Gasteiger partial charge in [0.2, 0.25) is 0 Å². The molecule has 2 amide bonds. The maximum Gasteiger partial charge on any atom is 0.257 e. The number of thiocarbonyl (C=S) groups is 1. The van der Waals surface area contributed by atoms with Crippen molar-refractivity contribution in [3.05, 3.63) is 59.7 Å². The van der Waals surface area contributed by atoms with E-state index in [1.165, 1.54) is 6.42 Å². The maximum atomic E-state index is 13.2. The van der Waals surface area contributed by atoms with E-state index in [0.717, 1.165) is 25.7 Å². The highest BCUT2D eigenvalue weighted by Gasteiger charge is 2.24. The van der Waals surface area contributed by atoms with Crippen molar-refractivity contribution >= 4 is 34.8 Å². The van der Waals surface area contributed by atoms with Gasteiger partial charge in [-0.1, -0.05) is 37.5 Å². The number of para-hydroxylation sites is 1. The van der Waals surface area contributed by atoms with Crippen molar-refractivity contribution in [1.29, 1.82) is 0 Å². The molecule has 0 atom stereocenters. The number of nitrogens with one attached hydrogen (secondary N) is 2. The van der Waals surface area contributed by atoms with Crippen molar-refractivity contribution in [2.24, 2.45) is 0 Å². The summed E-state index contributed by atoms with van der Waals surface area (Å²) in [6, 6.07) is 14.4. The summed E-state index contributed by atoms with van der Waals surface area (Å²) in [4.78, 5) is 27.6. The van der Waals surface area contributed by atoms with Crippen LogP contribution in [0.25, 0.3) is 0 Å². The van der Waals surface area contributed by atoms with E-state index in [1.807, 2.05) is 37.9 Å². The molecule has 0 unspecified atom stereocenters. The van der Waals surface area contributed by atoms with Gasteiger partial charge in [-0.2, -0.15) is 0 Å². The Kier molecular flexibility index (Phi) is 8.22. The van der Waals surface area contributed by atoms with Gasteiger partial charge in [-0.05, 0) is 69.2 Å². The Morgan fingerprint density at radius 3 is 2.50 bits per heavy atom. The van der Waals surface area contributed by atoms with Crippen LogP contribution in [0.4, 0.5) is 5.69 Å². The average Bonchev–Trinajstić information content (AvgIpc) is 2.78. The third-order valence-corrected chi connectivity index (χ3v) is 5.75. The molecule has 3 rings (SSSR count). The summed E-state index contributed by atoms with van der Waals surface area (Å²) in [7, 11) is 1.86. The SMILES string of the molecule is CC(C)Oc1cccc(C(=O)NC(=S)Nc2ccccc2C(=O)N(C)C2CCCCC2)c1. The second kappa shape index (κ2) is 11.1. The van der Waals surface area contributed by atoms with Gasteiger partial charge in [0.15, 0.2) is 5.11 Å². The third-order valence-electron chi connectivity index (χ3n) is 5.54. The first kappa shape index (κ1) is 23.7. The molecular formula is C25H31N3O3S. The summed E-state index contributed by atoms with van der Waals surface area (Å²) in [6.07, 6.45) is 5.62. The Bertz CT molecular complexity index is 970. The highest BCUT2D eigenvalue weighted by atomic mass is 32.1. The van der Waals surface area contributed by atoms with Crippen LogP contribution in [0.2, 0.25) is 0 Å². The second-order valence-electron chi connectivity index (χ2n) is 8.36. The number of ether oxygens (including phenoxy) is 1. The van der Waals surface area contributed by atoms with Crippen LogP contribution >= 0.6 is 12.2 Å². The number of hydrogen-bond acceptors (Lipinski definition) is 4. The van der Waals surface area contributed by atoms with Crippen molar-refractivity contribution in [2.75, 3.05) is 12.4 Å². The zero-order valence-corrected chi connectivity index (χ0v) is 19.7. The maximum absolute atomic E-state index is 13.2.